The second kappa shape index (κ2) is 15.6. The molecular formula is C23H35N9O8S. The van der Waals surface area contributed by atoms with Gasteiger partial charge in [-0.25, -0.2) is 4.98 Å². The van der Waals surface area contributed by atoms with Crippen LogP contribution in [0.4, 0.5) is 0 Å². The second-order valence-corrected chi connectivity index (χ2v) is 9.71. The smallest absolute Gasteiger partial charge is 0.248 e. The van der Waals surface area contributed by atoms with Gasteiger partial charge in [0.2, 0.25) is 41.4 Å². The summed E-state index contributed by atoms with van der Waals surface area (Å²) in [4.78, 5) is 94.5. The Balaban J connectivity index is 2.13. The number of imidazole rings is 1. The number of aliphatic hydroxyl groups excluding tert-OH is 1. The molecule has 2 heterocycles. The fourth-order valence-electron chi connectivity index (χ4n) is 4.19. The summed E-state index contributed by atoms with van der Waals surface area (Å²) in [6, 6.07) is -6.31. The molecule has 2 rings (SSSR count). The number of aromatic nitrogens is 2. The van der Waals surface area contributed by atoms with Crippen molar-refractivity contribution in [3.05, 3.63) is 18.2 Å². The van der Waals surface area contributed by atoms with Gasteiger partial charge in [-0.3, -0.25) is 33.6 Å². The fourth-order valence-corrected chi connectivity index (χ4v) is 4.46. The molecule has 7 amide bonds. The third-order valence-electron chi connectivity index (χ3n) is 6.19. The Morgan fingerprint density at radius 2 is 1.71 bits per heavy atom. The van der Waals surface area contributed by atoms with E-state index in [-0.39, 0.29) is 25.1 Å². The second-order valence-electron chi connectivity index (χ2n) is 9.35. The number of H-pyrrole nitrogens is 1. The van der Waals surface area contributed by atoms with Crippen LogP contribution in [0.5, 0.6) is 0 Å². The number of amides is 7. The number of thiol groups is 1. The topological polar surface area (TPSA) is 272 Å². The lowest BCUT2D eigenvalue weighted by Crippen LogP contribution is -2.60. The Morgan fingerprint density at radius 3 is 2.24 bits per heavy atom. The average Bonchev–Trinajstić information content (AvgIpc) is 3.60. The maximum absolute atomic E-state index is 13.3. The van der Waals surface area contributed by atoms with Gasteiger partial charge in [0.1, 0.15) is 30.2 Å². The van der Waals surface area contributed by atoms with Crippen LogP contribution in [0, 0.1) is 0 Å². The Bertz CT molecular complexity index is 1130. The molecular weight excluding hydrogens is 562 g/mol. The van der Waals surface area contributed by atoms with Crippen LogP contribution in [-0.4, -0.2) is 110 Å². The van der Waals surface area contributed by atoms with Crippen LogP contribution in [0.3, 0.4) is 0 Å². The van der Waals surface area contributed by atoms with Crippen LogP contribution in [0.15, 0.2) is 12.5 Å². The molecule has 1 fully saturated rings. The van der Waals surface area contributed by atoms with Crippen LogP contribution < -0.4 is 32.7 Å². The van der Waals surface area contributed by atoms with Gasteiger partial charge in [0.15, 0.2) is 0 Å². The van der Waals surface area contributed by atoms with Crippen molar-refractivity contribution in [1.82, 2.24) is 36.1 Å². The molecule has 5 atom stereocenters. The number of primary amides is 2. The Morgan fingerprint density at radius 1 is 1.05 bits per heavy atom. The lowest BCUT2D eigenvalue weighted by atomic mass is 10.1. The number of likely N-dealkylation sites (tertiary alicyclic amines) is 1. The molecule has 17 nitrogen and oxygen atoms in total. The maximum atomic E-state index is 13.3. The van der Waals surface area contributed by atoms with E-state index >= 15 is 0 Å². The molecule has 41 heavy (non-hydrogen) atoms. The zero-order valence-corrected chi connectivity index (χ0v) is 23.2. The van der Waals surface area contributed by atoms with Crippen molar-refractivity contribution >= 4 is 54.0 Å². The zero-order chi connectivity index (χ0) is 30.7. The SMILES string of the molecule is CC(=O)NC(Cc1cnc[nH]1)C(=O)NC(CO)C(=O)N1CCCC1C(=O)NC(CC(N)=O)C(=O)NC(CS)C(N)=O. The minimum atomic E-state index is -1.48. The highest BCUT2D eigenvalue weighted by molar-refractivity contribution is 7.80. The number of aromatic amines is 1. The predicted molar refractivity (Wildman–Crippen MR) is 144 cm³/mol. The summed E-state index contributed by atoms with van der Waals surface area (Å²) in [5, 5.41) is 19.4. The van der Waals surface area contributed by atoms with Crippen molar-refractivity contribution in [2.24, 2.45) is 11.5 Å². The monoisotopic (exact) mass is 597 g/mol. The molecule has 1 aromatic rings. The van der Waals surface area contributed by atoms with Gasteiger partial charge in [-0.1, -0.05) is 0 Å². The standard InChI is InChI=1S/C23H35N9O8S/c1-11(34)28-13(5-12-7-26-10-27-12)20(37)30-15(8-33)23(40)32-4-2-3-17(32)22(39)29-14(6-18(24)35)21(38)31-16(9-41)19(25)36/h7,10,13-17,33,41H,2-6,8-9H2,1H3,(H2,24,35)(H2,25,36)(H,26,27)(H,28,34)(H,29,39)(H,30,37)(H,31,38). The minimum Gasteiger partial charge on any atom is -0.394 e. The van der Waals surface area contributed by atoms with Crippen LogP contribution in [0.1, 0.15) is 31.9 Å². The first-order valence-corrected chi connectivity index (χ1v) is 13.3. The Hall–Kier alpha value is -4.19. The van der Waals surface area contributed by atoms with Crippen molar-refractivity contribution in [3.8, 4) is 0 Å². The van der Waals surface area contributed by atoms with Gasteiger partial charge >= 0.3 is 0 Å². The summed E-state index contributed by atoms with van der Waals surface area (Å²) in [5.41, 5.74) is 11.0. The molecule has 0 saturated carbocycles. The third-order valence-corrected chi connectivity index (χ3v) is 6.55. The quantitative estimate of drug-likeness (QED) is 0.0876. The normalized spacial score (nSPS) is 17.4. The molecule has 5 unspecified atom stereocenters. The number of nitrogens with two attached hydrogens (primary N) is 2. The van der Waals surface area contributed by atoms with Crippen molar-refractivity contribution < 1.29 is 38.7 Å². The Kier molecular flexibility index (Phi) is 12.5. The molecule has 0 aromatic carbocycles. The summed E-state index contributed by atoms with van der Waals surface area (Å²) in [5.74, 6) is -5.67. The van der Waals surface area contributed by atoms with Crippen molar-refractivity contribution in [3.63, 3.8) is 0 Å². The van der Waals surface area contributed by atoms with Crippen LogP contribution in [0.25, 0.3) is 0 Å². The molecule has 0 bridgehead atoms. The molecule has 1 aliphatic heterocycles. The van der Waals surface area contributed by atoms with E-state index < -0.39 is 84.6 Å². The van der Waals surface area contributed by atoms with Gasteiger partial charge in [-0.15, -0.1) is 0 Å². The van der Waals surface area contributed by atoms with E-state index in [1.165, 1.54) is 19.4 Å². The van der Waals surface area contributed by atoms with Crippen LogP contribution in [-0.2, 0) is 40.0 Å². The fraction of sp³-hybridized carbons (Fsp3) is 0.565. The number of hydrogen-bond donors (Lipinski definition) is 9. The molecule has 10 N–H and O–H groups in total. The van der Waals surface area contributed by atoms with Crippen molar-refractivity contribution in [1.29, 1.82) is 0 Å². The largest absolute Gasteiger partial charge is 0.394 e. The molecule has 226 valence electrons. The summed E-state index contributed by atoms with van der Waals surface area (Å²) in [6.45, 7) is 0.507. The summed E-state index contributed by atoms with van der Waals surface area (Å²) in [6.07, 6.45) is 2.85. The van der Waals surface area contributed by atoms with Crippen LogP contribution in [0.2, 0.25) is 0 Å². The minimum absolute atomic E-state index is 0.0274. The van der Waals surface area contributed by atoms with Crippen molar-refractivity contribution in [2.75, 3.05) is 18.9 Å². The number of carbonyl (C=O) groups excluding carboxylic acids is 7. The summed E-state index contributed by atoms with van der Waals surface area (Å²) >= 11 is 3.93. The molecule has 0 spiro atoms. The van der Waals surface area contributed by atoms with Crippen molar-refractivity contribution in [2.45, 2.75) is 62.8 Å². The van der Waals surface area contributed by atoms with E-state index in [2.05, 4.69) is 43.9 Å². The first-order chi connectivity index (χ1) is 19.4. The third kappa shape index (κ3) is 9.75. The molecule has 1 aliphatic rings. The van der Waals surface area contributed by atoms with Gasteiger partial charge in [0, 0.05) is 37.5 Å². The lowest BCUT2D eigenvalue weighted by Gasteiger charge is -2.30. The van der Waals surface area contributed by atoms with E-state index in [1.807, 2.05) is 0 Å². The maximum Gasteiger partial charge on any atom is 0.248 e. The molecule has 0 radical (unpaired) electrons. The van der Waals surface area contributed by atoms with Gasteiger partial charge in [-0.05, 0) is 12.8 Å². The number of rotatable bonds is 15. The highest BCUT2D eigenvalue weighted by atomic mass is 32.1. The highest BCUT2D eigenvalue weighted by Gasteiger charge is 2.39. The summed E-state index contributed by atoms with van der Waals surface area (Å²) < 4.78 is 0. The number of hydrogen-bond acceptors (Lipinski definition) is 10. The van der Waals surface area contributed by atoms with Gasteiger partial charge in [-0.2, -0.15) is 12.6 Å². The zero-order valence-electron chi connectivity index (χ0n) is 22.3. The number of aliphatic hydroxyl groups is 1. The van der Waals surface area contributed by atoms with Gasteiger partial charge in [0.25, 0.3) is 0 Å². The Labute approximate surface area is 240 Å². The lowest BCUT2D eigenvalue weighted by molar-refractivity contribution is -0.143. The summed E-state index contributed by atoms with van der Waals surface area (Å²) in [7, 11) is 0. The van der Waals surface area contributed by atoms with E-state index in [4.69, 9.17) is 11.5 Å². The molecule has 1 saturated heterocycles. The van der Waals surface area contributed by atoms with E-state index in [9.17, 15) is 38.7 Å². The van der Waals surface area contributed by atoms with E-state index in [0.29, 0.717) is 12.1 Å². The first-order valence-electron chi connectivity index (χ1n) is 12.6. The highest BCUT2D eigenvalue weighted by Crippen LogP contribution is 2.19. The molecule has 1 aromatic heterocycles. The first kappa shape index (κ1) is 33.0. The van der Waals surface area contributed by atoms with E-state index in [0.717, 1.165) is 4.90 Å². The van der Waals surface area contributed by atoms with Crippen LogP contribution >= 0.6 is 12.6 Å². The predicted octanol–water partition coefficient (Wildman–Crippen LogP) is -4.81. The molecule has 0 aliphatic carbocycles. The number of nitrogens with zero attached hydrogens (tertiary/aromatic N) is 2. The number of nitrogens with one attached hydrogen (secondary N) is 5. The average molecular weight is 598 g/mol. The van der Waals surface area contributed by atoms with E-state index in [1.54, 1.807) is 0 Å². The van der Waals surface area contributed by atoms with Gasteiger partial charge in [0.05, 0.1) is 19.4 Å². The molecule has 18 heteroatoms. The van der Waals surface area contributed by atoms with Gasteiger partial charge < -0.3 is 47.7 Å². The number of carbonyl (C=O) groups is 7.